The molecule has 5 amide bonds. The molecule has 3 atom stereocenters. The highest BCUT2D eigenvalue weighted by Crippen LogP contribution is 2.41. The second-order valence-corrected chi connectivity index (χ2v) is 25.7. The maximum absolute atomic E-state index is 14.7. The van der Waals surface area contributed by atoms with Crippen LogP contribution in [0.1, 0.15) is 91.8 Å². The van der Waals surface area contributed by atoms with Crippen LogP contribution in [-0.2, 0) is 30.5 Å². The van der Waals surface area contributed by atoms with Gasteiger partial charge in [-0.3, -0.25) is 24.1 Å². The van der Waals surface area contributed by atoms with Crippen molar-refractivity contribution >= 4 is 75.9 Å². The van der Waals surface area contributed by atoms with Crippen LogP contribution in [0.2, 0.25) is 5.02 Å². The van der Waals surface area contributed by atoms with E-state index in [1.165, 1.54) is 28.0 Å². The maximum Gasteiger partial charge on any atom is 0.407 e. The predicted octanol–water partition coefficient (Wildman–Crippen LogP) is 7.09. The first kappa shape index (κ1) is 59.3. The van der Waals surface area contributed by atoms with Crippen LogP contribution < -0.4 is 30.9 Å². The summed E-state index contributed by atoms with van der Waals surface area (Å²) >= 11 is 9.80. The molecule has 3 aliphatic heterocycles. The minimum atomic E-state index is -1.99. The molecule has 23 heteroatoms. The van der Waals surface area contributed by atoms with Crippen molar-refractivity contribution in [3.63, 3.8) is 0 Å². The molecule has 4 aliphatic rings. The molecule has 0 bridgehead atoms. The number of carbonyl (C=O) groups is 5. The highest BCUT2D eigenvalue weighted by Gasteiger charge is 2.53. The van der Waals surface area contributed by atoms with E-state index in [1.54, 1.807) is 38.7 Å². The Morgan fingerprint density at radius 1 is 0.949 bits per heavy atom. The van der Waals surface area contributed by atoms with Gasteiger partial charge in [-0.2, -0.15) is 0 Å². The highest BCUT2D eigenvalue weighted by atomic mass is 35.5. The Hall–Kier alpha value is -5.81. The molecule has 5 N–H and O–H groups in total. The number of piperidine rings is 1. The van der Waals surface area contributed by atoms with Gasteiger partial charge >= 0.3 is 6.09 Å². The number of alkyl carbamates (subject to hydrolysis) is 1. The van der Waals surface area contributed by atoms with E-state index in [9.17, 15) is 33.5 Å². The van der Waals surface area contributed by atoms with E-state index in [4.69, 9.17) is 26.1 Å². The van der Waals surface area contributed by atoms with Gasteiger partial charge in [-0.15, -0.1) is 11.3 Å². The largest absolute Gasteiger partial charge is 0.492 e. The number of aryl methyl sites for hydroxylation is 1. The number of hydrogen-bond acceptors (Lipinski definition) is 16. The summed E-state index contributed by atoms with van der Waals surface area (Å²) in [6.07, 6.45) is 4.12. The zero-order valence-corrected chi connectivity index (χ0v) is 48.8. The highest BCUT2D eigenvalue weighted by molar-refractivity contribution is 7.99. The number of β-amino-alcohol motifs (C(OH)–C–C–N with tert-alkyl or cyclic N) is 1. The number of aromatic nitrogens is 3. The Morgan fingerprint density at radius 2 is 1.68 bits per heavy atom. The molecule has 79 heavy (non-hydrogen) atoms. The quantitative estimate of drug-likeness (QED) is 0.0632. The number of amides is 5. The fourth-order valence-corrected chi connectivity index (χ4v) is 11.7. The van der Waals surface area contributed by atoms with Crippen molar-refractivity contribution in [1.29, 1.82) is 0 Å². The van der Waals surface area contributed by atoms with E-state index in [0.717, 1.165) is 52.8 Å². The van der Waals surface area contributed by atoms with Crippen LogP contribution in [0.3, 0.4) is 0 Å². The van der Waals surface area contributed by atoms with Crippen LogP contribution in [0.25, 0.3) is 10.4 Å². The molecule has 0 unspecified atom stereocenters. The molecule has 1 aliphatic carbocycles. The number of rotatable bonds is 19. The number of carbonyl (C=O) groups excluding carboxylic acids is 5. The lowest BCUT2D eigenvalue weighted by atomic mass is 9.80. The number of benzene rings is 2. The number of piperazine rings is 1. The first-order valence-electron chi connectivity index (χ1n) is 27.0. The number of anilines is 2. The Kier molecular flexibility index (Phi) is 18.7. The molecule has 8 rings (SSSR count). The molecule has 2 aromatic heterocycles. The van der Waals surface area contributed by atoms with Gasteiger partial charge in [0.05, 0.1) is 51.8 Å². The van der Waals surface area contributed by atoms with Crippen LogP contribution in [-0.4, -0.2) is 166 Å². The van der Waals surface area contributed by atoms with Crippen molar-refractivity contribution in [2.24, 2.45) is 10.8 Å². The molecule has 5 heterocycles. The topological polar surface area (TPSA) is 224 Å². The Balaban J connectivity index is 0.795. The number of nitrogens with zero attached hydrogens (tertiary/aromatic N) is 7. The van der Waals surface area contributed by atoms with Crippen molar-refractivity contribution in [3.8, 4) is 16.2 Å². The van der Waals surface area contributed by atoms with Gasteiger partial charge in [-0.05, 0) is 88.0 Å². The predicted molar refractivity (Wildman–Crippen MR) is 303 cm³/mol. The Labute approximate surface area is 475 Å². The van der Waals surface area contributed by atoms with Crippen LogP contribution >= 0.6 is 34.7 Å². The van der Waals surface area contributed by atoms with E-state index in [1.807, 2.05) is 69.0 Å². The van der Waals surface area contributed by atoms with E-state index >= 15 is 0 Å². The van der Waals surface area contributed by atoms with Gasteiger partial charge in [0, 0.05) is 82.3 Å². The third kappa shape index (κ3) is 15.6. The molecule has 4 aromatic rings. The van der Waals surface area contributed by atoms with Gasteiger partial charge in [0.15, 0.2) is 5.67 Å². The summed E-state index contributed by atoms with van der Waals surface area (Å²) in [6, 6.07) is 9.29. The smallest absolute Gasteiger partial charge is 0.407 e. The van der Waals surface area contributed by atoms with E-state index < -0.39 is 58.7 Å². The Bertz CT molecular complexity index is 2830. The first-order valence-corrected chi connectivity index (χ1v) is 29.1. The van der Waals surface area contributed by atoms with Gasteiger partial charge in [0.1, 0.15) is 40.9 Å². The van der Waals surface area contributed by atoms with Gasteiger partial charge in [-0.25, -0.2) is 24.1 Å². The third-order valence-corrected chi connectivity index (χ3v) is 17.3. The first-order chi connectivity index (χ1) is 37.4. The van der Waals surface area contributed by atoms with Crippen molar-refractivity contribution in [2.75, 3.05) is 82.3 Å². The molecule has 4 fully saturated rings. The zero-order valence-electron chi connectivity index (χ0n) is 46.5. The van der Waals surface area contributed by atoms with Crippen molar-refractivity contribution < 1.29 is 42.9 Å². The van der Waals surface area contributed by atoms with Crippen LogP contribution in [0.4, 0.5) is 20.7 Å². The second kappa shape index (κ2) is 24.9. The lowest BCUT2D eigenvalue weighted by Gasteiger charge is -2.40. The summed E-state index contributed by atoms with van der Waals surface area (Å²) in [5.41, 5.74) is 1.53. The normalized spacial score (nSPS) is 19.6. The molecule has 0 spiro atoms. The maximum atomic E-state index is 14.7. The van der Waals surface area contributed by atoms with Crippen molar-refractivity contribution in [1.82, 2.24) is 45.6 Å². The van der Waals surface area contributed by atoms with E-state index in [-0.39, 0.29) is 50.2 Å². The number of halogens is 2. The minimum absolute atomic E-state index is 0.00903. The number of nitrogens with one attached hydrogen (secondary N) is 4. The monoisotopic (exact) mass is 1150 g/mol. The molecule has 1 saturated carbocycles. The molecular formula is C56H75ClFN11O8S2. The fourth-order valence-electron chi connectivity index (χ4n) is 9.78. The average molecular weight is 1150 g/mol. The molecule has 19 nitrogen and oxygen atoms in total. The van der Waals surface area contributed by atoms with Crippen molar-refractivity contribution in [3.05, 3.63) is 70.6 Å². The van der Waals surface area contributed by atoms with Crippen LogP contribution in [0.15, 0.2) is 64.2 Å². The third-order valence-electron chi connectivity index (χ3n) is 14.8. The number of aliphatic hydroxyl groups is 1. The molecule has 2 aromatic carbocycles. The zero-order chi connectivity index (χ0) is 56.9. The standard InChI is InChI=1S/C56H75ClFN11O8S2/c1-35-47(78-34-64-35)36-12-13-37(28-62-49(72)40-27-38(70)32-69(40)50(73)48(53(2,3)4)65-51(74)56(58)14-15-56)41(26-36)76-25-24-66-20-22-68(23-21-66)45(71)31-59-39-10-9-11-42(46(39)57)79-44-30-60-43(29-61-44)67-18-16-55(8,17-19-67)33-63-52(75)77-54(5,6)7/h9-13,26,29-30,34,38,40,48,59,70H,14-25,27-28,31-33H2,1-8H3,(H,62,72)(H,63,75)(H,65,74)/t38-,40+,48-/m1/s1. The van der Waals surface area contributed by atoms with E-state index in [2.05, 4.69) is 48.0 Å². The number of thiazole rings is 1. The number of ether oxygens (including phenoxy) is 2. The summed E-state index contributed by atoms with van der Waals surface area (Å²) < 4.78 is 26.6. The number of likely N-dealkylation sites (tertiary alicyclic amines) is 1. The molecular weight excluding hydrogens is 1070 g/mol. The second-order valence-electron chi connectivity index (χ2n) is 23.5. The summed E-state index contributed by atoms with van der Waals surface area (Å²) in [6.45, 7) is 20.4. The van der Waals surface area contributed by atoms with Gasteiger partial charge in [-0.1, -0.05) is 69.3 Å². The van der Waals surface area contributed by atoms with Gasteiger partial charge in [0.2, 0.25) is 17.7 Å². The fraction of sp³-hybridized carbons (Fsp3) is 0.571. The number of aliphatic hydroxyl groups excluding tert-OH is 1. The minimum Gasteiger partial charge on any atom is -0.492 e. The molecule has 0 radical (unpaired) electrons. The molecule has 3 saturated heterocycles. The number of hydrogen-bond donors (Lipinski definition) is 5. The lowest BCUT2D eigenvalue weighted by Crippen LogP contribution is -2.59. The van der Waals surface area contributed by atoms with Crippen LogP contribution in [0.5, 0.6) is 5.75 Å². The van der Waals surface area contributed by atoms with Gasteiger partial charge in [0.25, 0.3) is 5.91 Å². The van der Waals surface area contributed by atoms with Crippen LogP contribution in [0, 0.1) is 17.8 Å². The summed E-state index contributed by atoms with van der Waals surface area (Å²) in [4.78, 5) is 89.5. The summed E-state index contributed by atoms with van der Waals surface area (Å²) in [7, 11) is 0. The van der Waals surface area contributed by atoms with E-state index in [0.29, 0.717) is 72.9 Å². The lowest BCUT2D eigenvalue weighted by molar-refractivity contribution is -0.145. The van der Waals surface area contributed by atoms with Crippen molar-refractivity contribution in [2.45, 2.75) is 133 Å². The SMILES string of the molecule is Cc1ncsc1-c1ccc(CNC(=O)[C@@H]2C[C@@H](O)CN2C(=O)[C@@H](NC(=O)C2(F)CC2)C(C)(C)C)c(OCCN2CCN(C(=O)CNc3cccc(Sc4cnc(N5CCC(C)(CNC(=O)OC(C)(C)C)CC5)cn4)c3Cl)CC2)c1. The molecule has 428 valence electrons. The average Bonchev–Trinajstić information content (AvgIpc) is 3.83. The summed E-state index contributed by atoms with van der Waals surface area (Å²) in [5, 5.41) is 23.6. The summed E-state index contributed by atoms with van der Waals surface area (Å²) in [5.74, 6) is -0.555. The Morgan fingerprint density at radius 3 is 2.33 bits per heavy atom. The van der Waals surface area contributed by atoms with Gasteiger partial charge < -0.3 is 50.5 Å². The number of alkyl halides is 1.